The van der Waals surface area contributed by atoms with E-state index in [1.807, 2.05) is 17.0 Å². The molecule has 1 amide bonds. The van der Waals surface area contributed by atoms with Crippen molar-refractivity contribution < 1.29 is 14.3 Å². The Morgan fingerprint density at radius 2 is 1.90 bits per heavy atom. The number of Topliss-reactive ketones (excluding diaryl/α,β-unsaturated/α-hetero) is 1. The second-order valence-corrected chi connectivity index (χ2v) is 8.04. The number of hydrogen-bond acceptors (Lipinski definition) is 4. The molecule has 0 spiro atoms. The minimum Gasteiger partial charge on any atom is -0.380 e. The van der Waals surface area contributed by atoms with Crippen LogP contribution in [0.25, 0.3) is 0 Å². The van der Waals surface area contributed by atoms with Crippen LogP contribution in [-0.4, -0.2) is 44.5 Å². The highest BCUT2D eigenvalue weighted by atomic mass is 16.5. The molecule has 0 radical (unpaired) electrons. The van der Waals surface area contributed by atoms with Crippen molar-refractivity contribution in [1.82, 2.24) is 0 Å². The van der Waals surface area contributed by atoms with Crippen LogP contribution in [0.5, 0.6) is 0 Å². The number of carbonyl (C=O) groups excluding carboxylic acids is 2. The van der Waals surface area contributed by atoms with Crippen LogP contribution in [0.1, 0.15) is 32.1 Å². The number of carbonyl (C=O) groups is 2. The lowest BCUT2D eigenvalue weighted by Gasteiger charge is -2.32. The van der Waals surface area contributed by atoms with Gasteiger partial charge in [0.2, 0.25) is 5.91 Å². The minimum atomic E-state index is -0.248. The molecular weight excluding hydrogens is 376 g/mol. The van der Waals surface area contributed by atoms with E-state index in [9.17, 15) is 9.59 Å². The summed E-state index contributed by atoms with van der Waals surface area (Å²) in [5.41, 5.74) is 2.89. The number of rotatable bonds is 9. The zero-order valence-corrected chi connectivity index (χ0v) is 17.9. The third-order valence-corrected chi connectivity index (χ3v) is 6.02. The zero-order chi connectivity index (χ0) is 21.5. The van der Waals surface area contributed by atoms with Gasteiger partial charge in [-0.1, -0.05) is 31.4 Å². The Kier molecular flexibility index (Phi) is 7.63. The second kappa shape index (κ2) is 10.4. The van der Waals surface area contributed by atoms with Crippen LogP contribution >= 0.6 is 0 Å². The smallest absolute Gasteiger partial charge is 0.230 e. The van der Waals surface area contributed by atoms with Gasteiger partial charge in [-0.25, -0.2) is 0 Å². The molecule has 2 aliphatic heterocycles. The van der Waals surface area contributed by atoms with E-state index in [2.05, 4.69) is 30.2 Å². The number of methoxy groups -OCH3 is 1. The predicted molar refractivity (Wildman–Crippen MR) is 122 cm³/mol. The third-order valence-electron chi connectivity index (χ3n) is 6.02. The molecule has 0 aromatic heterocycles. The first kappa shape index (κ1) is 22.0. The maximum absolute atomic E-state index is 13.1. The standard InChI is InChI=1S/C25H32N2O3/c1-4-7-19(5-2)16-23(28)17-20-8-6-14-27(25(20)29)22-11-9-21(10-12-22)26-15-13-24(18-26)30-3/h4-5,7,9-12,20,24H,1-2,6,8,13-18H2,3H3/b19-7+/t20-,24?/m0/s1. The maximum atomic E-state index is 13.1. The van der Waals surface area contributed by atoms with Gasteiger partial charge >= 0.3 is 0 Å². The number of anilines is 2. The molecule has 30 heavy (non-hydrogen) atoms. The van der Waals surface area contributed by atoms with E-state index in [0.717, 1.165) is 49.3 Å². The monoisotopic (exact) mass is 408 g/mol. The lowest BCUT2D eigenvalue weighted by Crippen LogP contribution is -2.42. The molecule has 3 rings (SSSR count). The van der Waals surface area contributed by atoms with Gasteiger partial charge in [-0.2, -0.15) is 0 Å². The molecular formula is C25H32N2O3. The van der Waals surface area contributed by atoms with Crippen LogP contribution < -0.4 is 9.80 Å². The largest absolute Gasteiger partial charge is 0.380 e. The molecule has 0 saturated carbocycles. The Bertz CT molecular complexity index is 812. The number of ketones is 1. The fourth-order valence-electron chi connectivity index (χ4n) is 4.32. The van der Waals surface area contributed by atoms with Gasteiger partial charge in [0.1, 0.15) is 5.78 Å². The van der Waals surface area contributed by atoms with Crippen molar-refractivity contribution in [3.05, 3.63) is 61.2 Å². The number of ether oxygens (including phenoxy) is 1. The molecule has 2 saturated heterocycles. The van der Waals surface area contributed by atoms with Gasteiger partial charge in [-0.05, 0) is 49.1 Å². The van der Waals surface area contributed by atoms with Crippen molar-refractivity contribution >= 4 is 23.1 Å². The van der Waals surface area contributed by atoms with Gasteiger partial charge in [0.05, 0.1) is 6.10 Å². The van der Waals surface area contributed by atoms with E-state index in [0.29, 0.717) is 13.0 Å². The topological polar surface area (TPSA) is 49.9 Å². The highest BCUT2D eigenvalue weighted by Crippen LogP contribution is 2.30. The Balaban J connectivity index is 1.62. The first-order valence-electron chi connectivity index (χ1n) is 10.7. The Hall–Kier alpha value is -2.66. The molecule has 5 heteroatoms. The van der Waals surface area contributed by atoms with Crippen LogP contribution in [0.3, 0.4) is 0 Å². The summed E-state index contributed by atoms with van der Waals surface area (Å²) < 4.78 is 5.45. The summed E-state index contributed by atoms with van der Waals surface area (Å²) in [5.74, 6) is -0.127. The highest BCUT2D eigenvalue weighted by Gasteiger charge is 2.31. The second-order valence-electron chi connectivity index (χ2n) is 8.04. The van der Waals surface area contributed by atoms with Gasteiger partial charge < -0.3 is 14.5 Å². The van der Waals surface area contributed by atoms with Crippen LogP contribution in [0.15, 0.2) is 61.2 Å². The van der Waals surface area contributed by atoms with Crippen LogP contribution in [0.4, 0.5) is 11.4 Å². The van der Waals surface area contributed by atoms with Gasteiger partial charge in [-0.3, -0.25) is 9.59 Å². The Labute approximate surface area is 179 Å². The normalized spacial score (nSPS) is 22.3. The molecule has 0 N–H and O–H groups in total. The molecule has 0 bridgehead atoms. The van der Waals surface area contributed by atoms with Gasteiger partial charge in [0.25, 0.3) is 0 Å². The van der Waals surface area contributed by atoms with Crippen molar-refractivity contribution in [2.24, 2.45) is 5.92 Å². The molecule has 5 nitrogen and oxygen atoms in total. The van der Waals surface area contributed by atoms with E-state index in [4.69, 9.17) is 4.74 Å². The average Bonchev–Trinajstić information content (AvgIpc) is 3.24. The fraction of sp³-hybridized carbons (Fsp3) is 0.440. The van der Waals surface area contributed by atoms with Crippen LogP contribution in [-0.2, 0) is 14.3 Å². The summed E-state index contributed by atoms with van der Waals surface area (Å²) in [6.45, 7) is 9.98. The summed E-state index contributed by atoms with van der Waals surface area (Å²) in [4.78, 5) is 29.7. The van der Waals surface area contributed by atoms with E-state index in [1.54, 1.807) is 25.3 Å². The average molecular weight is 409 g/mol. The van der Waals surface area contributed by atoms with Gasteiger partial charge in [0, 0.05) is 56.9 Å². The molecule has 1 unspecified atom stereocenters. The van der Waals surface area contributed by atoms with E-state index in [1.165, 1.54) is 0 Å². The number of amides is 1. The van der Waals surface area contributed by atoms with Crippen molar-refractivity contribution in [3.63, 3.8) is 0 Å². The van der Waals surface area contributed by atoms with Crippen molar-refractivity contribution in [2.75, 3.05) is 36.5 Å². The van der Waals surface area contributed by atoms with E-state index < -0.39 is 0 Å². The lowest BCUT2D eigenvalue weighted by molar-refractivity contribution is -0.128. The van der Waals surface area contributed by atoms with E-state index >= 15 is 0 Å². The first-order chi connectivity index (χ1) is 14.5. The Morgan fingerprint density at radius 1 is 1.17 bits per heavy atom. The third kappa shape index (κ3) is 5.28. The number of piperidine rings is 1. The van der Waals surface area contributed by atoms with Crippen LogP contribution in [0, 0.1) is 5.92 Å². The van der Waals surface area contributed by atoms with Crippen molar-refractivity contribution in [3.8, 4) is 0 Å². The molecule has 2 fully saturated rings. The van der Waals surface area contributed by atoms with Gasteiger partial charge in [-0.15, -0.1) is 0 Å². The van der Waals surface area contributed by atoms with E-state index in [-0.39, 0.29) is 30.1 Å². The highest BCUT2D eigenvalue weighted by molar-refractivity contribution is 5.98. The Morgan fingerprint density at radius 3 is 2.53 bits per heavy atom. The molecule has 0 aliphatic carbocycles. The van der Waals surface area contributed by atoms with Crippen LogP contribution in [0.2, 0.25) is 0 Å². The molecule has 2 atom stereocenters. The first-order valence-corrected chi connectivity index (χ1v) is 10.7. The number of benzene rings is 1. The number of hydrogen-bond donors (Lipinski definition) is 0. The zero-order valence-electron chi connectivity index (χ0n) is 17.9. The van der Waals surface area contributed by atoms with Gasteiger partial charge in [0.15, 0.2) is 0 Å². The molecule has 2 heterocycles. The molecule has 2 aliphatic rings. The predicted octanol–water partition coefficient (Wildman–Crippen LogP) is 4.30. The van der Waals surface area contributed by atoms with Crippen molar-refractivity contribution in [2.45, 2.75) is 38.2 Å². The maximum Gasteiger partial charge on any atom is 0.230 e. The van der Waals surface area contributed by atoms with Crippen molar-refractivity contribution in [1.29, 1.82) is 0 Å². The SMILES string of the molecule is C=C/C=C(\C=C)CC(=O)C[C@@H]1CCCN(c2ccc(N3CCC(OC)C3)cc2)C1=O. The minimum absolute atomic E-state index is 0.0517. The molecule has 160 valence electrons. The summed E-state index contributed by atoms with van der Waals surface area (Å²) >= 11 is 0. The quantitative estimate of drug-likeness (QED) is 0.572. The summed E-state index contributed by atoms with van der Waals surface area (Å²) in [5, 5.41) is 0. The molecule has 1 aromatic rings. The fourth-order valence-corrected chi connectivity index (χ4v) is 4.32. The summed E-state index contributed by atoms with van der Waals surface area (Å²) in [7, 11) is 1.76. The summed E-state index contributed by atoms with van der Waals surface area (Å²) in [6, 6.07) is 8.18. The summed E-state index contributed by atoms with van der Waals surface area (Å²) in [6.07, 6.45) is 8.68. The number of allylic oxidation sites excluding steroid dienone is 4. The lowest BCUT2D eigenvalue weighted by atomic mass is 9.90. The molecule has 1 aromatic carbocycles. The number of nitrogens with zero attached hydrogens (tertiary/aromatic N) is 2.